The molecule has 11 nitrogen and oxygen atoms in total. The van der Waals surface area contributed by atoms with Crippen molar-refractivity contribution in [3.63, 3.8) is 0 Å². The second-order valence-corrected chi connectivity index (χ2v) is 10.8. The van der Waals surface area contributed by atoms with E-state index in [9.17, 15) is 19.2 Å². The Labute approximate surface area is 247 Å². The molecule has 42 heavy (non-hydrogen) atoms. The van der Waals surface area contributed by atoms with Gasteiger partial charge in [-0.2, -0.15) is 0 Å². The van der Waals surface area contributed by atoms with Crippen LogP contribution in [0, 0.1) is 0 Å². The summed E-state index contributed by atoms with van der Waals surface area (Å²) in [5.74, 6) is -1.70. The highest BCUT2D eigenvalue weighted by Crippen LogP contribution is 2.36. The van der Waals surface area contributed by atoms with Gasteiger partial charge in [0.25, 0.3) is 0 Å². The number of benzene rings is 2. The molecular weight excluding hydrogens is 566 g/mol. The first kappa shape index (κ1) is 31.0. The summed E-state index contributed by atoms with van der Waals surface area (Å²) in [7, 11) is 0. The molecule has 0 unspecified atom stereocenters. The van der Waals surface area contributed by atoms with E-state index in [1.807, 2.05) is 54.6 Å². The second-order valence-electron chi connectivity index (χ2n) is 9.71. The molecule has 0 spiro atoms. The Kier molecular flexibility index (Phi) is 10.6. The fourth-order valence-corrected chi connectivity index (χ4v) is 5.93. The maximum atomic E-state index is 12.1. The summed E-state index contributed by atoms with van der Waals surface area (Å²) in [5, 5.41) is 0. The van der Waals surface area contributed by atoms with Gasteiger partial charge in [-0.1, -0.05) is 48.5 Å². The van der Waals surface area contributed by atoms with Gasteiger partial charge in [-0.25, -0.2) is 4.99 Å². The van der Waals surface area contributed by atoms with Crippen LogP contribution >= 0.6 is 11.8 Å². The number of carbonyl (C=O) groups is 4. The standard InChI is InChI=1S/C30H33NO10S/c1-17(32)36-15-25-26(38-18(2)33)27(39-19(3)34)28(40-20(4)35)30(41-25)42-16-22-12-8-9-13-23(22)29-31-24(14-37-29)21-10-6-5-7-11-21/h5-13,24-28,30H,14-16H2,1-4H3/t24-,25-,26-,27+,28-,30+/m1/s1. The van der Waals surface area contributed by atoms with Crippen LogP contribution in [0.5, 0.6) is 0 Å². The molecule has 0 saturated carbocycles. The molecule has 12 heteroatoms. The van der Waals surface area contributed by atoms with E-state index in [2.05, 4.69) is 0 Å². The molecule has 0 N–H and O–H groups in total. The third-order valence-corrected chi connectivity index (χ3v) is 7.62. The second kappa shape index (κ2) is 14.3. The minimum absolute atomic E-state index is 0.123. The minimum Gasteiger partial charge on any atom is -0.475 e. The third-order valence-electron chi connectivity index (χ3n) is 6.43. The van der Waals surface area contributed by atoms with Crippen LogP contribution in [0.2, 0.25) is 0 Å². The van der Waals surface area contributed by atoms with Crippen molar-refractivity contribution in [2.24, 2.45) is 4.99 Å². The van der Waals surface area contributed by atoms with E-state index in [1.165, 1.54) is 39.5 Å². The number of aliphatic imine (C=N–C) groups is 1. The lowest BCUT2D eigenvalue weighted by molar-refractivity contribution is -0.237. The molecule has 6 atom stereocenters. The predicted octanol–water partition coefficient (Wildman–Crippen LogP) is 3.52. The molecule has 2 aromatic rings. The molecule has 0 aliphatic carbocycles. The molecule has 0 amide bonds. The largest absolute Gasteiger partial charge is 0.475 e. The average molecular weight is 600 g/mol. The first-order chi connectivity index (χ1) is 20.1. The van der Waals surface area contributed by atoms with Gasteiger partial charge in [0.1, 0.15) is 30.8 Å². The number of hydrogen-bond acceptors (Lipinski definition) is 12. The number of thioether (sulfide) groups is 1. The van der Waals surface area contributed by atoms with E-state index in [0.717, 1.165) is 16.7 Å². The summed E-state index contributed by atoms with van der Waals surface area (Å²) >= 11 is 1.28. The lowest BCUT2D eigenvalue weighted by atomic mass is 9.99. The van der Waals surface area contributed by atoms with Crippen molar-refractivity contribution < 1.29 is 47.6 Å². The van der Waals surface area contributed by atoms with Crippen LogP contribution < -0.4 is 0 Å². The molecule has 0 bridgehead atoms. The van der Waals surface area contributed by atoms with Crippen molar-refractivity contribution in [3.8, 4) is 0 Å². The molecule has 2 aromatic carbocycles. The molecule has 0 radical (unpaired) electrons. The topological polar surface area (TPSA) is 136 Å². The highest BCUT2D eigenvalue weighted by Gasteiger charge is 2.52. The number of hydrogen-bond donors (Lipinski definition) is 0. The van der Waals surface area contributed by atoms with Gasteiger partial charge in [0.15, 0.2) is 18.3 Å². The Bertz CT molecular complexity index is 1320. The number of carbonyl (C=O) groups excluding carboxylic acids is 4. The first-order valence-corrected chi connectivity index (χ1v) is 14.4. The van der Waals surface area contributed by atoms with E-state index in [1.54, 1.807) is 0 Å². The lowest BCUT2D eigenvalue weighted by Crippen LogP contribution is -2.61. The molecule has 2 aliphatic heterocycles. The van der Waals surface area contributed by atoms with Gasteiger partial charge in [0, 0.05) is 39.0 Å². The van der Waals surface area contributed by atoms with E-state index in [0.29, 0.717) is 18.3 Å². The maximum absolute atomic E-state index is 12.1. The maximum Gasteiger partial charge on any atom is 0.303 e. The Hall–Kier alpha value is -3.90. The van der Waals surface area contributed by atoms with Crippen molar-refractivity contribution in [2.75, 3.05) is 13.2 Å². The van der Waals surface area contributed by atoms with Crippen LogP contribution in [0.15, 0.2) is 59.6 Å². The number of ether oxygens (including phenoxy) is 6. The van der Waals surface area contributed by atoms with Gasteiger partial charge in [-0.05, 0) is 17.2 Å². The number of rotatable bonds is 10. The van der Waals surface area contributed by atoms with Crippen LogP contribution in [0.1, 0.15) is 50.4 Å². The summed E-state index contributed by atoms with van der Waals surface area (Å²) in [6, 6.07) is 17.4. The Balaban J connectivity index is 1.60. The molecule has 1 saturated heterocycles. The van der Waals surface area contributed by atoms with Gasteiger partial charge < -0.3 is 28.4 Å². The Morgan fingerprint density at radius 3 is 2.10 bits per heavy atom. The Morgan fingerprint density at radius 2 is 1.43 bits per heavy atom. The highest BCUT2D eigenvalue weighted by atomic mass is 32.2. The van der Waals surface area contributed by atoms with E-state index < -0.39 is 53.7 Å². The zero-order valence-corrected chi connectivity index (χ0v) is 24.5. The number of esters is 4. The minimum atomic E-state index is -1.22. The van der Waals surface area contributed by atoms with Crippen LogP contribution in [-0.4, -0.2) is 72.8 Å². The van der Waals surface area contributed by atoms with Gasteiger partial charge >= 0.3 is 23.9 Å². The monoisotopic (exact) mass is 599 g/mol. The van der Waals surface area contributed by atoms with Crippen molar-refractivity contribution >= 4 is 41.5 Å². The van der Waals surface area contributed by atoms with Gasteiger partial charge in [-0.3, -0.25) is 19.2 Å². The molecule has 4 rings (SSSR count). The predicted molar refractivity (Wildman–Crippen MR) is 151 cm³/mol. The van der Waals surface area contributed by atoms with Crippen LogP contribution in [-0.2, 0) is 53.4 Å². The van der Waals surface area contributed by atoms with Gasteiger partial charge in [0.2, 0.25) is 5.90 Å². The zero-order chi connectivity index (χ0) is 30.2. The van der Waals surface area contributed by atoms with Gasteiger partial charge in [-0.15, -0.1) is 11.8 Å². The third kappa shape index (κ3) is 8.10. The molecule has 2 heterocycles. The lowest BCUT2D eigenvalue weighted by Gasteiger charge is -2.44. The molecule has 0 aromatic heterocycles. The van der Waals surface area contributed by atoms with E-state index in [-0.39, 0.29) is 12.6 Å². The average Bonchev–Trinajstić information content (AvgIpc) is 3.44. The molecular formula is C30H33NO10S. The van der Waals surface area contributed by atoms with Crippen LogP contribution in [0.4, 0.5) is 0 Å². The molecule has 224 valence electrons. The molecule has 1 fully saturated rings. The Morgan fingerprint density at radius 1 is 0.810 bits per heavy atom. The van der Waals surface area contributed by atoms with E-state index >= 15 is 0 Å². The van der Waals surface area contributed by atoms with Gasteiger partial charge in [0.05, 0.1) is 0 Å². The summed E-state index contributed by atoms with van der Waals surface area (Å²) in [5.41, 5.74) is 1.84. The summed E-state index contributed by atoms with van der Waals surface area (Å²) in [4.78, 5) is 52.6. The fraction of sp³-hybridized carbons (Fsp3) is 0.433. The van der Waals surface area contributed by atoms with Crippen molar-refractivity contribution in [2.45, 2.75) is 69.3 Å². The number of nitrogens with zero attached hydrogens (tertiary/aromatic N) is 1. The van der Waals surface area contributed by atoms with Crippen LogP contribution in [0.3, 0.4) is 0 Å². The summed E-state index contributed by atoms with van der Waals surface area (Å²) in [6.45, 7) is 4.95. The first-order valence-electron chi connectivity index (χ1n) is 13.4. The summed E-state index contributed by atoms with van der Waals surface area (Å²) < 4.78 is 33.9. The fourth-order valence-electron chi connectivity index (χ4n) is 4.72. The summed E-state index contributed by atoms with van der Waals surface area (Å²) in [6.07, 6.45) is -4.55. The van der Waals surface area contributed by atoms with Crippen molar-refractivity contribution in [1.82, 2.24) is 0 Å². The zero-order valence-electron chi connectivity index (χ0n) is 23.7. The van der Waals surface area contributed by atoms with E-state index in [4.69, 9.17) is 33.4 Å². The van der Waals surface area contributed by atoms with Crippen molar-refractivity contribution in [3.05, 3.63) is 71.3 Å². The quantitative estimate of drug-likeness (QED) is 0.293. The molecule has 2 aliphatic rings. The van der Waals surface area contributed by atoms with Crippen molar-refractivity contribution in [1.29, 1.82) is 0 Å². The van der Waals surface area contributed by atoms with Crippen LogP contribution in [0.25, 0.3) is 0 Å². The smallest absolute Gasteiger partial charge is 0.303 e. The normalized spacial score (nSPS) is 25.0. The SMILES string of the molecule is CC(=O)OC[C@H]1O[C@@H](SCc2ccccc2C2=N[C@@H](c3ccccc3)CO2)[C@H](OC(C)=O)[C@@H](OC(C)=O)[C@@H]1OC(C)=O. The highest BCUT2D eigenvalue weighted by molar-refractivity contribution is 7.99.